The lowest BCUT2D eigenvalue weighted by atomic mass is 10.1. The van der Waals surface area contributed by atoms with Gasteiger partial charge in [-0.2, -0.15) is 0 Å². The van der Waals surface area contributed by atoms with Crippen LogP contribution >= 0.6 is 0 Å². The maximum atomic E-state index is 5.18. The van der Waals surface area contributed by atoms with Gasteiger partial charge in [-0.05, 0) is 32.7 Å². The van der Waals surface area contributed by atoms with Gasteiger partial charge in [0.05, 0.1) is 0 Å². The van der Waals surface area contributed by atoms with Gasteiger partial charge in [0.15, 0.2) is 0 Å². The maximum absolute atomic E-state index is 5.18. The molecule has 0 rings (SSSR count). The van der Waals surface area contributed by atoms with Gasteiger partial charge in [0.2, 0.25) is 0 Å². The smallest absolute Gasteiger partial charge is 0.00865 e. The van der Waals surface area contributed by atoms with Crippen LogP contribution in [0.1, 0.15) is 58.8 Å². The van der Waals surface area contributed by atoms with Crippen molar-refractivity contribution in [2.75, 3.05) is 6.54 Å². The van der Waals surface area contributed by atoms with Crippen LogP contribution in [0.25, 0.3) is 0 Å². The number of terminal acetylenes is 1. The highest BCUT2D eigenvalue weighted by atomic mass is 14.9. The summed E-state index contributed by atoms with van der Waals surface area (Å²) in [6.45, 7) is 5.64. The lowest BCUT2D eigenvalue weighted by Gasteiger charge is -2.12. The molecule has 1 N–H and O–H groups in total. The summed E-state index contributed by atoms with van der Waals surface area (Å²) in [5.74, 6) is 2.67. The van der Waals surface area contributed by atoms with E-state index in [1.165, 1.54) is 32.1 Å². The van der Waals surface area contributed by atoms with E-state index in [4.69, 9.17) is 6.42 Å². The summed E-state index contributed by atoms with van der Waals surface area (Å²) >= 11 is 0. The predicted molar refractivity (Wildman–Crippen MR) is 64.3 cm³/mol. The maximum Gasteiger partial charge on any atom is 0.00865 e. The van der Waals surface area contributed by atoms with Gasteiger partial charge in [-0.3, -0.25) is 0 Å². The number of hydrogen-bond donors (Lipinski definition) is 1. The van der Waals surface area contributed by atoms with Crippen LogP contribution in [0.2, 0.25) is 0 Å². The highest BCUT2D eigenvalue weighted by Crippen LogP contribution is 2.03. The highest BCUT2D eigenvalue weighted by molar-refractivity contribution is 4.82. The van der Waals surface area contributed by atoms with Crippen LogP contribution in [-0.4, -0.2) is 12.6 Å². The van der Waals surface area contributed by atoms with E-state index >= 15 is 0 Å². The Bertz CT molecular complexity index is 146. The lowest BCUT2D eigenvalue weighted by Crippen LogP contribution is -2.26. The fraction of sp³-hybridized carbons (Fsp3) is 0.846. The zero-order valence-electron chi connectivity index (χ0n) is 9.81. The molecule has 1 heteroatoms. The molecule has 0 aromatic carbocycles. The first kappa shape index (κ1) is 13.5. The lowest BCUT2D eigenvalue weighted by molar-refractivity contribution is 0.479. The molecule has 0 heterocycles. The Morgan fingerprint density at radius 3 is 2.64 bits per heavy atom. The van der Waals surface area contributed by atoms with Crippen LogP contribution < -0.4 is 5.32 Å². The van der Waals surface area contributed by atoms with E-state index in [1.807, 2.05) is 0 Å². The fourth-order valence-corrected chi connectivity index (χ4v) is 1.50. The molecule has 0 spiro atoms. The van der Waals surface area contributed by atoms with E-state index in [2.05, 4.69) is 25.1 Å². The van der Waals surface area contributed by atoms with Crippen molar-refractivity contribution in [3.05, 3.63) is 0 Å². The summed E-state index contributed by atoms with van der Waals surface area (Å²) in [4.78, 5) is 0. The molecule has 0 saturated carbocycles. The van der Waals surface area contributed by atoms with Gasteiger partial charge in [-0.15, -0.1) is 12.3 Å². The van der Waals surface area contributed by atoms with Gasteiger partial charge in [-0.1, -0.05) is 26.2 Å². The van der Waals surface area contributed by atoms with Gasteiger partial charge in [0.25, 0.3) is 0 Å². The van der Waals surface area contributed by atoms with Crippen molar-refractivity contribution in [3.8, 4) is 12.3 Å². The third-order valence-electron chi connectivity index (χ3n) is 2.48. The summed E-state index contributed by atoms with van der Waals surface area (Å²) in [5, 5.41) is 3.53. The zero-order valence-corrected chi connectivity index (χ0v) is 9.81. The molecule has 1 unspecified atom stereocenters. The molecule has 0 aromatic heterocycles. The molecule has 1 nitrogen and oxygen atoms in total. The van der Waals surface area contributed by atoms with Crippen LogP contribution in [0, 0.1) is 12.3 Å². The quantitative estimate of drug-likeness (QED) is 0.439. The average Bonchev–Trinajstić information content (AvgIpc) is 2.18. The third-order valence-corrected chi connectivity index (χ3v) is 2.48. The van der Waals surface area contributed by atoms with Crippen LogP contribution in [0.3, 0.4) is 0 Å². The Morgan fingerprint density at radius 1 is 1.21 bits per heavy atom. The summed E-state index contributed by atoms with van der Waals surface area (Å²) in [5.41, 5.74) is 0. The molecule has 0 fully saturated rings. The molecular weight excluding hydrogens is 170 g/mol. The van der Waals surface area contributed by atoms with Gasteiger partial charge < -0.3 is 5.32 Å². The second-order valence-corrected chi connectivity index (χ2v) is 4.01. The molecule has 0 aliphatic carbocycles. The molecule has 0 bridgehead atoms. The minimum absolute atomic E-state index is 0.674. The van der Waals surface area contributed by atoms with Crippen LogP contribution in [0.15, 0.2) is 0 Å². The Morgan fingerprint density at radius 2 is 2.00 bits per heavy atom. The Balaban J connectivity index is 3.10. The van der Waals surface area contributed by atoms with Gasteiger partial charge in [0.1, 0.15) is 0 Å². The van der Waals surface area contributed by atoms with E-state index in [9.17, 15) is 0 Å². The van der Waals surface area contributed by atoms with Crippen molar-refractivity contribution in [2.45, 2.75) is 64.8 Å². The summed E-state index contributed by atoms with van der Waals surface area (Å²) in [7, 11) is 0. The third kappa shape index (κ3) is 9.61. The second kappa shape index (κ2) is 10.6. The number of nitrogens with one attached hydrogen (secondary N) is 1. The van der Waals surface area contributed by atoms with Gasteiger partial charge in [0, 0.05) is 12.5 Å². The number of rotatable bonds is 9. The first-order valence-electron chi connectivity index (χ1n) is 5.98. The standard InChI is InChI=1S/C13H25N/c1-4-6-8-10-12-14-13(3)11-9-7-5-2/h1,13-14H,5-12H2,2-3H3. The van der Waals surface area contributed by atoms with Crippen molar-refractivity contribution in [1.82, 2.24) is 5.32 Å². The fourth-order valence-electron chi connectivity index (χ4n) is 1.50. The van der Waals surface area contributed by atoms with Crippen molar-refractivity contribution < 1.29 is 0 Å². The van der Waals surface area contributed by atoms with Crippen LogP contribution in [0.4, 0.5) is 0 Å². The monoisotopic (exact) mass is 195 g/mol. The topological polar surface area (TPSA) is 12.0 Å². The number of unbranched alkanes of at least 4 members (excludes halogenated alkanes) is 4. The van der Waals surface area contributed by atoms with E-state index in [1.54, 1.807) is 0 Å². The Labute approximate surface area is 89.7 Å². The molecule has 1 atom stereocenters. The van der Waals surface area contributed by atoms with E-state index < -0.39 is 0 Å². The Kier molecular flexibility index (Phi) is 10.2. The number of hydrogen-bond acceptors (Lipinski definition) is 1. The molecule has 0 aliphatic rings. The first-order chi connectivity index (χ1) is 6.81. The first-order valence-corrected chi connectivity index (χ1v) is 5.98. The molecule has 0 saturated heterocycles. The summed E-state index contributed by atoms with van der Waals surface area (Å²) in [6, 6.07) is 0.674. The van der Waals surface area contributed by atoms with Gasteiger partial charge in [-0.25, -0.2) is 0 Å². The SMILES string of the molecule is C#CCCCCNC(C)CCCCC. The predicted octanol–water partition coefficient (Wildman–Crippen LogP) is 3.35. The molecule has 0 radical (unpaired) electrons. The molecule has 14 heavy (non-hydrogen) atoms. The molecular formula is C13H25N. The summed E-state index contributed by atoms with van der Waals surface area (Å²) < 4.78 is 0. The zero-order chi connectivity index (χ0) is 10.6. The second-order valence-electron chi connectivity index (χ2n) is 4.01. The molecule has 0 amide bonds. The Hall–Kier alpha value is -0.480. The van der Waals surface area contributed by atoms with E-state index in [-0.39, 0.29) is 0 Å². The summed E-state index contributed by atoms with van der Waals surface area (Å²) in [6.07, 6.45) is 13.8. The van der Waals surface area contributed by atoms with E-state index in [0.717, 1.165) is 19.4 Å². The average molecular weight is 195 g/mol. The minimum Gasteiger partial charge on any atom is -0.314 e. The van der Waals surface area contributed by atoms with Crippen LogP contribution in [-0.2, 0) is 0 Å². The highest BCUT2D eigenvalue weighted by Gasteiger charge is 1.99. The van der Waals surface area contributed by atoms with Gasteiger partial charge >= 0.3 is 0 Å². The van der Waals surface area contributed by atoms with Crippen LogP contribution in [0.5, 0.6) is 0 Å². The minimum atomic E-state index is 0.674. The van der Waals surface area contributed by atoms with Crippen molar-refractivity contribution in [2.24, 2.45) is 0 Å². The van der Waals surface area contributed by atoms with Crippen molar-refractivity contribution >= 4 is 0 Å². The van der Waals surface area contributed by atoms with Crippen molar-refractivity contribution in [3.63, 3.8) is 0 Å². The molecule has 0 aromatic rings. The molecule has 0 aliphatic heterocycles. The normalized spacial score (nSPS) is 12.4. The van der Waals surface area contributed by atoms with Crippen molar-refractivity contribution in [1.29, 1.82) is 0 Å². The van der Waals surface area contributed by atoms with E-state index in [0.29, 0.717) is 6.04 Å². The molecule has 82 valence electrons. The largest absolute Gasteiger partial charge is 0.314 e.